The molecule has 0 amide bonds. The lowest BCUT2D eigenvalue weighted by molar-refractivity contribution is 0.457. The third-order valence-electron chi connectivity index (χ3n) is 3.40. The van der Waals surface area contributed by atoms with Gasteiger partial charge in [0.2, 0.25) is 0 Å². The first-order valence-corrected chi connectivity index (χ1v) is 8.17. The minimum Gasteiger partial charge on any atom is -0.310 e. The van der Waals surface area contributed by atoms with Crippen molar-refractivity contribution >= 4 is 15.9 Å². The van der Waals surface area contributed by atoms with Crippen LogP contribution in [-0.4, -0.2) is 6.54 Å². The van der Waals surface area contributed by atoms with Crippen molar-refractivity contribution in [1.82, 2.24) is 5.32 Å². The normalized spacial score (nSPS) is 12.6. The molecule has 1 N–H and O–H groups in total. The highest BCUT2D eigenvalue weighted by molar-refractivity contribution is 9.10. The zero-order valence-corrected chi connectivity index (χ0v) is 13.6. The molecular weight excluding hydrogens is 305 g/mol. The summed E-state index contributed by atoms with van der Waals surface area (Å²) in [7, 11) is 0. The second-order valence-electron chi connectivity index (χ2n) is 4.95. The van der Waals surface area contributed by atoms with Crippen molar-refractivity contribution < 1.29 is 4.39 Å². The number of hydrogen-bond donors (Lipinski definition) is 1. The van der Waals surface area contributed by atoms with Gasteiger partial charge in [0.05, 0.1) is 0 Å². The van der Waals surface area contributed by atoms with Crippen LogP contribution >= 0.6 is 15.9 Å². The molecule has 19 heavy (non-hydrogen) atoms. The van der Waals surface area contributed by atoms with Crippen LogP contribution in [0.1, 0.15) is 64.0 Å². The van der Waals surface area contributed by atoms with Gasteiger partial charge in [-0.3, -0.25) is 0 Å². The van der Waals surface area contributed by atoms with Crippen molar-refractivity contribution in [3.05, 3.63) is 34.1 Å². The number of benzene rings is 1. The Hall–Kier alpha value is -0.410. The summed E-state index contributed by atoms with van der Waals surface area (Å²) in [6, 6.07) is 5.32. The molecule has 0 heterocycles. The minimum atomic E-state index is -0.117. The molecule has 1 aromatic carbocycles. The van der Waals surface area contributed by atoms with Gasteiger partial charge in [-0.1, -0.05) is 67.9 Å². The maximum atomic E-state index is 14.0. The monoisotopic (exact) mass is 329 g/mol. The Morgan fingerprint density at radius 3 is 2.53 bits per heavy atom. The fraction of sp³-hybridized carbons (Fsp3) is 0.625. The molecule has 1 unspecified atom stereocenters. The maximum Gasteiger partial charge on any atom is 0.129 e. The van der Waals surface area contributed by atoms with E-state index in [1.165, 1.54) is 25.7 Å². The molecule has 1 rings (SSSR count). The summed E-state index contributed by atoms with van der Waals surface area (Å²) in [5.74, 6) is -0.117. The number of halogens is 2. The topological polar surface area (TPSA) is 12.0 Å². The fourth-order valence-electron chi connectivity index (χ4n) is 2.39. The van der Waals surface area contributed by atoms with E-state index in [9.17, 15) is 4.39 Å². The van der Waals surface area contributed by atoms with Crippen LogP contribution in [0.4, 0.5) is 4.39 Å². The number of nitrogens with one attached hydrogen (secondary N) is 1. The average molecular weight is 330 g/mol. The van der Waals surface area contributed by atoms with Gasteiger partial charge in [-0.25, -0.2) is 4.39 Å². The van der Waals surface area contributed by atoms with Crippen molar-refractivity contribution in [3.63, 3.8) is 0 Å². The summed E-state index contributed by atoms with van der Waals surface area (Å²) in [4.78, 5) is 0. The second kappa shape index (κ2) is 9.49. The number of unbranched alkanes of at least 4 members (excludes halogenated alkanes) is 4. The summed E-state index contributed by atoms with van der Waals surface area (Å²) >= 11 is 3.47. The first-order valence-electron chi connectivity index (χ1n) is 7.38. The van der Waals surface area contributed by atoms with Gasteiger partial charge in [0.25, 0.3) is 0 Å². The van der Waals surface area contributed by atoms with Crippen molar-refractivity contribution in [2.75, 3.05) is 6.54 Å². The predicted molar refractivity (Wildman–Crippen MR) is 83.9 cm³/mol. The molecule has 1 atom stereocenters. The summed E-state index contributed by atoms with van der Waals surface area (Å²) in [6.07, 6.45) is 7.23. The van der Waals surface area contributed by atoms with Crippen molar-refractivity contribution in [2.45, 2.75) is 58.4 Å². The first kappa shape index (κ1) is 16.6. The van der Waals surface area contributed by atoms with E-state index in [1.807, 2.05) is 6.07 Å². The summed E-state index contributed by atoms with van der Waals surface area (Å²) < 4.78 is 14.9. The molecule has 0 aliphatic carbocycles. The van der Waals surface area contributed by atoms with Gasteiger partial charge < -0.3 is 5.32 Å². The molecule has 0 aliphatic heterocycles. The molecule has 0 saturated carbocycles. The molecular formula is C16H25BrFN. The summed E-state index contributed by atoms with van der Waals surface area (Å²) in [5.41, 5.74) is 0.778. The molecule has 0 radical (unpaired) electrons. The highest BCUT2D eigenvalue weighted by Crippen LogP contribution is 2.29. The van der Waals surface area contributed by atoms with Crippen LogP contribution in [0.25, 0.3) is 0 Å². The van der Waals surface area contributed by atoms with Gasteiger partial charge in [0.1, 0.15) is 5.82 Å². The third kappa shape index (κ3) is 5.62. The van der Waals surface area contributed by atoms with Gasteiger partial charge in [-0.2, -0.15) is 0 Å². The minimum absolute atomic E-state index is 0.113. The molecule has 108 valence electrons. The Bertz CT molecular complexity index is 348. The van der Waals surface area contributed by atoms with E-state index in [2.05, 4.69) is 35.1 Å². The third-order valence-corrected chi connectivity index (χ3v) is 4.09. The van der Waals surface area contributed by atoms with Crippen LogP contribution in [0.15, 0.2) is 22.7 Å². The second-order valence-corrected chi connectivity index (χ2v) is 5.80. The number of hydrogen-bond acceptors (Lipinski definition) is 1. The van der Waals surface area contributed by atoms with Gasteiger partial charge in [0.15, 0.2) is 0 Å². The quantitative estimate of drug-likeness (QED) is 0.581. The van der Waals surface area contributed by atoms with Gasteiger partial charge in [-0.15, -0.1) is 0 Å². The molecule has 1 aromatic rings. The summed E-state index contributed by atoms with van der Waals surface area (Å²) in [6.45, 7) is 5.15. The fourth-order valence-corrected chi connectivity index (χ4v) is 3.01. The average Bonchev–Trinajstić information content (AvgIpc) is 2.38. The Morgan fingerprint density at radius 1 is 1.16 bits per heavy atom. The molecule has 0 saturated heterocycles. The number of rotatable bonds is 9. The van der Waals surface area contributed by atoms with Crippen LogP contribution in [0.5, 0.6) is 0 Å². The van der Waals surface area contributed by atoms with E-state index in [0.29, 0.717) is 0 Å². The lowest BCUT2D eigenvalue weighted by atomic mass is 9.99. The molecule has 0 fully saturated rings. The molecule has 0 aliphatic rings. The van der Waals surface area contributed by atoms with Crippen LogP contribution < -0.4 is 5.32 Å². The van der Waals surface area contributed by atoms with Gasteiger partial charge >= 0.3 is 0 Å². The predicted octanol–water partition coefficient (Wildman–Crippen LogP) is 5.60. The van der Waals surface area contributed by atoms with Crippen molar-refractivity contribution in [1.29, 1.82) is 0 Å². The van der Waals surface area contributed by atoms with Gasteiger partial charge in [0, 0.05) is 16.1 Å². The lowest BCUT2D eigenvalue weighted by Gasteiger charge is -2.20. The Kier molecular flexibility index (Phi) is 8.31. The van der Waals surface area contributed by atoms with Crippen LogP contribution in [0.2, 0.25) is 0 Å². The molecule has 0 aromatic heterocycles. The Morgan fingerprint density at radius 2 is 1.89 bits per heavy atom. The lowest BCUT2D eigenvalue weighted by Crippen LogP contribution is -2.22. The Balaban J connectivity index is 2.61. The Labute approximate surface area is 125 Å². The zero-order valence-electron chi connectivity index (χ0n) is 12.0. The molecule has 3 heteroatoms. The van der Waals surface area contributed by atoms with E-state index in [1.54, 1.807) is 12.1 Å². The van der Waals surface area contributed by atoms with Gasteiger partial charge in [-0.05, 0) is 25.1 Å². The SMILES string of the molecule is CCCCCCCC(NCC)c1c(F)cccc1Br. The van der Waals surface area contributed by atoms with Crippen molar-refractivity contribution in [3.8, 4) is 0 Å². The van der Waals surface area contributed by atoms with Crippen LogP contribution in [0, 0.1) is 5.82 Å². The van der Waals surface area contributed by atoms with E-state index in [-0.39, 0.29) is 11.9 Å². The molecule has 1 nitrogen and oxygen atoms in total. The highest BCUT2D eigenvalue weighted by atomic mass is 79.9. The largest absolute Gasteiger partial charge is 0.310 e. The van der Waals surface area contributed by atoms with E-state index < -0.39 is 0 Å². The summed E-state index contributed by atoms with van der Waals surface area (Å²) in [5, 5.41) is 3.40. The molecule has 0 bridgehead atoms. The standard InChI is InChI=1S/C16H25BrFN/c1-3-5-6-7-8-12-15(19-4-2)16-13(17)10-9-11-14(16)18/h9-11,15,19H,3-8,12H2,1-2H3. The molecule has 0 spiro atoms. The van der Waals surface area contributed by atoms with Crippen molar-refractivity contribution in [2.24, 2.45) is 0 Å². The van der Waals surface area contributed by atoms with Crippen LogP contribution in [-0.2, 0) is 0 Å². The van der Waals surface area contributed by atoms with E-state index >= 15 is 0 Å². The first-order chi connectivity index (χ1) is 9.20. The van der Waals surface area contributed by atoms with Crippen LogP contribution in [0.3, 0.4) is 0 Å². The highest BCUT2D eigenvalue weighted by Gasteiger charge is 2.17. The van der Waals surface area contributed by atoms with E-state index in [4.69, 9.17) is 0 Å². The zero-order chi connectivity index (χ0) is 14.1. The smallest absolute Gasteiger partial charge is 0.129 e. The van der Waals surface area contributed by atoms with E-state index in [0.717, 1.165) is 29.4 Å². The maximum absolute atomic E-state index is 14.0.